The summed E-state index contributed by atoms with van der Waals surface area (Å²) >= 11 is 3.48. The molecule has 0 radical (unpaired) electrons. The number of rotatable bonds is 11. The lowest BCUT2D eigenvalue weighted by molar-refractivity contribution is 0.221. The normalized spacial score (nSPS) is 15.7. The zero-order valence-corrected chi connectivity index (χ0v) is 16.0. The zero-order chi connectivity index (χ0) is 16.2. The molecule has 0 spiro atoms. The minimum Gasteiger partial charge on any atom is -0.494 e. The first-order chi connectivity index (χ1) is 11.4. The number of hydrogen-bond acceptors (Lipinski definition) is 2. The summed E-state index contributed by atoms with van der Waals surface area (Å²) in [6.45, 7) is 4.46. The first-order valence-corrected chi connectivity index (χ1v) is 10.5. The summed E-state index contributed by atoms with van der Waals surface area (Å²) in [7, 11) is 0. The maximum Gasteiger partial charge on any atom is 0.119 e. The molecule has 0 aliphatic carbocycles. The largest absolute Gasteiger partial charge is 0.494 e. The van der Waals surface area contributed by atoms with Gasteiger partial charge in [-0.25, -0.2) is 0 Å². The topological polar surface area (TPSA) is 12.5 Å². The number of halogens is 1. The molecule has 0 unspecified atom stereocenters. The summed E-state index contributed by atoms with van der Waals surface area (Å²) in [5.41, 5.74) is 1.41. The van der Waals surface area contributed by atoms with E-state index in [0.717, 1.165) is 24.2 Å². The summed E-state index contributed by atoms with van der Waals surface area (Å²) in [4.78, 5) is 2.56. The second-order valence-electron chi connectivity index (χ2n) is 6.64. The third kappa shape index (κ3) is 8.21. The molecule has 23 heavy (non-hydrogen) atoms. The standard InChI is InChI=1S/C20H32BrNO/c21-14-6-3-1-2-4-9-17-23-20-12-10-19(11-13-20)18-22-15-7-5-8-16-22/h10-13H,1-9,14-18H2. The molecule has 0 N–H and O–H groups in total. The Kier molecular flexibility index (Phi) is 9.73. The van der Waals surface area contributed by atoms with Crippen LogP contribution >= 0.6 is 15.9 Å². The van der Waals surface area contributed by atoms with Crippen molar-refractivity contribution in [1.29, 1.82) is 0 Å². The summed E-state index contributed by atoms with van der Waals surface area (Å²) < 4.78 is 5.86. The molecular formula is C20H32BrNO. The summed E-state index contributed by atoms with van der Waals surface area (Å²) in [6.07, 6.45) is 11.9. The van der Waals surface area contributed by atoms with E-state index in [1.807, 2.05) is 0 Å². The second-order valence-corrected chi connectivity index (χ2v) is 7.43. The van der Waals surface area contributed by atoms with Gasteiger partial charge in [-0.05, 0) is 56.5 Å². The lowest BCUT2D eigenvalue weighted by atomic mass is 10.1. The fourth-order valence-corrected chi connectivity index (χ4v) is 3.56. The van der Waals surface area contributed by atoms with Gasteiger partial charge < -0.3 is 4.74 Å². The van der Waals surface area contributed by atoms with Crippen LogP contribution in [0.3, 0.4) is 0 Å². The highest BCUT2D eigenvalue weighted by atomic mass is 79.9. The molecule has 1 heterocycles. The van der Waals surface area contributed by atoms with Gasteiger partial charge in [-0.1, -0.05) is 60.2 Å². The van der Waals surface area contributed by atoms with E-state index in [0.29, 0.717) is 0 Å². The number of hydrogen-bond donors (Lipinski definition) is 0. The van der Waals surface area contributed by atoms with Crippen molar-refractivity contribution in [2.75, 3.05) is 25.0 Å². The highest BCUT2D eigenvalue weighted by Crippen LogP contribution is 2.17. The fourth-order valence-electron chi connectivity index (χ4n) is 3.16. The Labute approximate surface area is 150 Å². The first kappa shape index (κ1) is 18.8. The molecule has 1 aromatic rings. The molecular weight excluding hydrogens is 350 g/mol. The van der Waals surface area contributed by atoms with Crippen molar-refractivity contribution >= 4 is 15.9 Å². The van der Waals surface area contributed by atoms with Crippen LogP contribution < -0.4 is 4.74 Å². The van der Waals surface area contributed by atoms with Crippen LogP contribution in [0, 0.1) is 0 Å². The van der Waals surface area contributed by atoms with Crippen LogP contribution in [-0.2, 0) is 6.54 Å². The number of ether oxygens (including phenoxy) is 1. The third-order valence-electron chi connectivity index (χ3n) is 4.57. The molecule has 1 fully saturated rings. The van der Waals surface area contributed by atoms with Crippen molar-refractivity contribution in [2.45, 2.75) is 64.3 Å². The Hall–Kier alpha value is -0.540. The Balaban J connectivity index is 1.55. The summed E-state index contributed by atoms with van der Waals surface area (Å²) in [5, 5.41) is 1.14. The number of nitrogens with zero attached hydrogens (tertiary/aromatic N) is 1. The van der Waals surface area contributed by atoms with Crippen LogP contribution in [0.2, 0.25) is 0 Å². The van der Waals surface area contributed by atoms with E-state index < -0.39 is 0 Å². The van der Waals surface area contributed by atoms with E-state index in [9.17, 15) is 0 Å². The van der Waals surface area contributed by atoms with E-state index in [4.69, 9.17) is 4.74 Å². The maximum absolute atomic E-state index is 5.86. The SMILES string of the molecule is BrCCCCCCCCOc1ccc(CN2CCCCC2)cc1. The van der Waals surface area contributed by atoms with Crippen LogP contribution in [0.5, 0.6) is 5.75 Å². The van der Waals surface area contributed by atoms with Crippen LogP contribution in [-0.4, -0.2) is 29.9 Å². The van der Waals surface area contributed by atoms with E-state index in [-0.39, 0.29) is 0 Å². The van der Waals surface area contributed by atoms with Crippen LogP contribution in [0.25, 0.3) is 0 Å². The maximum atomic E-state index is 5.86. The first-order valence-electron chi connectivity index (χ1n) is 9.38. The molecule has 1 aliphatic heterocycles. The number of alkyl halides is 1. The van der Waals surface area contributed by atoms with Gasteiger partial charge in [-0.2, -0.15) is 0 Å². The van der Waals surface area contributed by atoms with E-state index >= 15 is 0 Å². The molecule has 130 valence electrons. The molecule has 0 aromatic heterocycles. The van der Waals surface area contributed by atoms with Crippen LogP contribution in [0.4, 0.5) is 0 Å². The summed E-state index contributed by atoms with van der Waals surface area (Å²) in [6, 6.07) is 8.72. The average molecular weight is 382 g/mol. The van der Waals surface area contributed by atoms with Gasteiger partial charge in [0.2, 0.25) is 0 Å². The highest BCUT2D eigenvalue weighted by molar-refractivity contribution is 9.09. The smallest absolute Gasteiger partial charge is 0.119 e. The number of benzene rings is 1. The van der Waals surface area contributed by atoms with Crippen molar-refractivity contribution in [3.05, 3.63) is 29.8 Å². The molecule has 1 aliphatic rings. The van der Waals surface area contributed by atoms with Gasteiger partial charge in [0.25, 0.3) is 0 Å². The van der Waals surface area contributed by atoms with Gasteiger partial charge in [-0.15, -0.1) is 0 Å². The average Bonchev–Trinajstić information content (AvgIpc) is 2.60. The van der Waals surface area contributed by atoms with Crippen LogP contribution in [0.1, 0.15) is 63.4 Å². The number of likely N-dealkylation sites (tertiary alicyclic amines) is 1. The molecule has 1 saturated heterocycles. The van der Waals surface area contributed by atoms with E-state index in [1.54, 1.807) is 0 Å². The van der Waals surface area contributed by atoms with E-state index in [2.05, 4.69) is 45.1 Å². The Bertz CT molecular complexity index is 401. The Morgan fingerprint density at radius 2 is 1.48 bits per heavy atom. The Morgan fingerprint density at radius 3 is 2.17 bits per heavy atom. The lowest BCUT2D eigenvalue weighted by Crippen LogP contribution is -2.28. The van der Waals surface area contributed by atoms with Crippen molar-refractivity contribution in [1.82, 2.24) is 4.90 Å². The molecule has 0 atom stereocenters. The lowest BCUT2D eigenvalue weighted by Gasteiger charge is -2.26. The second kappa shape index (κ2) is 11.9. The minimum absolute atomic E-state index is 0.851. The fraction of sp³-hybridized carbons (Fsp3) is 0.700. The molecule has 2 rings (SSSR count). The van der Waals surface area contributed by atoms with Crippen molar-refractivity contribution < 1.29 is 4.74 Å². The van der Waals surface area contributed by atoms with E-state index in [1.165, 1.54) is 76.4 Å². The third-order valence-corrected chi connectivity index (χ3v) is 5.14. The van der Waals surface area contributed by atoms with Gasteiger partial charge in [0.05, 0.1) is 6.61 Å². The monoisotopic (exact) mass is 381 g/mol. The predicted octanol–water partition coefficient (Wildman–Crippen LogP) is 5.79. The minimum atomic E-state index is 0.851. The van der Waals surface area contributed by atoms with Crippen molar-refractivity contribution in [3.63, 3.8) is 0 Å². The van der Waals surface area contributed by atoms with Crippen molar-refractivity contribution in [3.8, 4) is 5.75 Å². The van der Waals surface area contributed by atoms with Gasteiger partial charge >= 0.3 is 0 Å². The highest BCUT2D eigenvalue weighted by Gasteiger charge is 2.10. The molecule has 0 bridgehead atoms. The van der Waals surface area contributed by atoms with Gasteiger partial charge in [0.1, 0.15) is 5.75 Å². The van der Waals surface area contributed by atoms with Gasteiger partial charge in [0.15, 0.2) is 0 Å². The molecule has 1 aromatic carbocycles. The molecule has 2 nitrogen and oxygen atoms in total. The zero-order valence-electron chi connectivity index (χ0n) is 14.4. The number of piperidine rings is 1. The molecule has 0 amide bonds. The quantitative estimate of drug-likeness (QED) is 0.355. The van der Waals surface area contributed by atoms with Crippen LogP contribution in [0.15, 0.2) is 24.3 Å². The number of unbranched alkanes of at least 4 members (excludes halogenated alkanes) is 5. The summed E-state index contributed by atoms with van der Waals surface area (Å²) in [5.74, 6) is 1.02. The Morgan fingerprint density at radius 1 is 0.826 bits per heavy atom. The predicted molar refractivity (Wildman–Crippen MR) is 103 cm³/mol. The van der Waals surface area contributed by atoms with Gasteiger partial charge in [-0.3, -0.25) is 4.90 Å². The molecule has 3 heteroatoms. The van der Waals surface area contributed by atoms with Crippen molar-refractivity contribution in [2.24, 2.45) is 0 Å². The molecule has 0 saturated carbocycles. The van der Waals surface area contributed by atoms with Gasteiger partial charge in [0, 0.05) is 11.9 Å².